The Morgan fingerprint density at radius 2 is 1.66 bits per heavy atom. The number of rotatable bonds is 5. The van der Waals surface area contributed by atoms with Crippen molar-refractivity contribution in [3.8, 4) is 16.9 Å². The number of likely N-dealkylation sites (tertiary alicyclic amines) is 1. The van der Waals surface area contributed by atoms with Crippen LogP contribution in [0.4, 0.5) is 0 Å². The highest BCUT2D eigenvalue weighted by molar-refractivity contribution is 9.10. The lowest BCUT2D eigenvalue weighted by Crippen LogP contribution is -2.42. The summed E-state index contributed by atoms with van der Waals surface area (Å²) in [5, 5.41) is 0. The molecule has 1 fully saturated rings. The van der Waals surface area contributed by atoms with Crippen LogP contribution < -0.4 is 4.74 Å². The molecule has 0 radical (unpaired) electrons. The summed E-state index contributed by atoms with van der Waals surface area (Å²) < 4.78 is 11.5. The third-order valence-electron chi connectivity index (χ3n) is 5.89. The summed E-state index contributed by atoms with van der Waals surface area (Å²) in [7, 11) is 2.95. The standard InChI is InChI=1S/C26H24BrNO4/c1-31-24-16-18(12-13-19(24)17-8-4-3-5-9-17)25(29)28-22(14-15-23(28)26(30)32-2)20-10-6-7-11-21(20)27/h3-13,16,22-23H,14-15H2,1-2H3/t22-,23+/m1/s1. The summed E-state index contributed by atoms with van der Waals surface area (Å²) in [5.41, 5.74) is 3.34. The number of amides is 1. The maximum Gasteiger partial charge on any atom is 0.328 e. The van der Waals surface area contributed by atoms with Crippen LogP contribution >= 0.6 is 15.9 Å². The van der Waals surface area contributed by atoms with Gasteiger partial charge in [0.25, 0.3) is 5.91 Å². The van der Waals surface area contributed by atoms with E-state index in [2.05, 4.69) is 15.9 Å². The van der Waals surface area contributed by atoms with Crippen LogP contribution in [-0.2, 0) is 9.53 Å². The zero-order valence-corrected chi connectivity index (χ0v) is 19.5. The van der Waals surface area contributed by atoms with E-state index in [9.17, 15) is 9.59 Å². The van der Waals surface area contributed by atoms with Gasteiger partial charge in [-0.1, -0.05) is 64.5 Å². The molecule has 2 atom stereocenters. The van der Waals surface area contributed by atoms with Gasteiger partial charge in [-0.3, -0.25) is 4.79 Å². The zero-order valence-electron chi connectivity index (χ0n) is 18.0. The summed E-state index contributed by atoms with van der Waals surface area (Å²) in [6.45, 7) is 0. The molecular weight excluding hydrogens is 470 g/mol. The van der Waals surface area contributed by atoms with E-state index >= 15 is 0 Å². The molecule has 1 aliphatic rings. The van der Waals surface area contributed by atoms with Gasteiger partial charge < -0.3 is 14.4 Å². The number of carbonyl (C=O) groups excluding carboxylic acids is 2. The van der Waals surface area contributed by atoms with Crippen LogP contribution in [0.15, 0.2) is 77.3 Å². The number of halogens is 1. The van der Waals surface area contributed by atoms with Crippen molar-refractivity contribution in [2.24, 2.45) is 0 Å². The Labute approximate surface area is 196 Å². The molecule has 0 unspecified atom stereocenters. The molecule has 0 aliphatic carbocycles. The second-order valence-corrected chi connectivity index (χ2v) is 8.50. The largest absolute Gasteiger partial charge is 0.496 e. The Morgan fingerprint density at radius 1 is 0.938 bits per heavy atom. The third kappa shape index (κ3) is 4.15. The zero-order chi connectivity index (χ0) is 22.7. The highest BCUT2D eigenvalue weighted by Gasteiger charge is 2.43. The van der Waals surface area contributed by atoms with Crippen molar-refractivity contribution >= 4 is 27.8 Å². The van der Waals surface area contributed by atoms with Crippen molar-refractivity contribution in [2.75, 3.05) is 14.2 Å². The third-order valence-corrected chi connectivity index (χ3v) is 6.61. The Morgan fingerprint density at radius 3 is 2.34 bits per heavy atom. The highest BCUT2D eigenvalue weighted by Crippen LogP contribution is 2.41. The molecule has 0 saturated carbocycles. The summed E-state index contributed by atoms with van der Waals surface area (Å²) in [4.78, 5) is 27.9. The van der Waals surface area contributed by atoms with Gasteiger partial charge in [-0.2, -0.15) is 0 Å². The van der Waals surface area contributed by atoms with E-state index in [1.807, 2.05) is 60.7 Å². The molecule has 3 aromatic carbocycles. The number of carbonyl (C=O) groups is 2. The molecule has 164 valence electrons. The molecule has 4 rings (SSSR count). The molecule has 0 spiro atoms. The van der Waals surface area contributed by atoms with Gasteiger partial charge in [0.1, 0.15) is 11.8 Å². The van der Waals surface area contributed by atoms with E-state index < -0.39 is 12.0 Å². The average molecular weight is 494 g/mol. The van der Waals surface area contributed by atoms with Crippen LogP contribution in [0.5, 0.6) is 5.75 Å². The first-order valence-corrected chi connectivity index (χ1v) is 11.2. The van der Waals surface area contributed by atoms with Crippen molar-refractivity contribution < 1.29 is 19.1 Å². The first-order chi connectivity index (χ1) is 15.5. The van der Waals surface area contributed by atoms with Gasteiger partial charge in [-0.05, 0) is 48.2 Å². The van der Waals surface area contributed by atoms with Gasteiger partial charge in [-0.15, -0.1) is 0 Å². The van der Waals surface area contributed by atoms with Crippen molar-refractivity contribution in [1.82, 2.24) is 4.90 Å². The molecule has 0 bridgehead atoms. The molecule has 32 heavy (non-hydrogen) atoms. The summed E-state index contributed by atoms with van der Waals surface area (Å²) in [5.74, 6) is -0.0226. The first kappa shape index (κ1) is 22.1. The van der Waals surface area contributed by atoms with Crippen molar-refractivity contribution in [3.05, 3.63) is 88.4 Å². The number of methoxy groups -OCH3 is 2. The van der Waals surface area contributed by atoms with E-state index in [0.29, 0.717) is 24.2 Å². The van der Waals surface area contributed by atoms with Crippen LogP contribution in [0.25, 0.3) is 11.1 Å². The predicted octanol–water partition coefficient (Wildman–Crippen LogP) is 5.64. The van der Waals surface area contributed by atoms with E-state index in [-0.39, 0.29) is 11.9 Å². The molecule has 1 saturated heterocycles. The normalized spacial score (nSPS) is 17.8. The number of hydrogen-bond donors (Lipinski definition) is 0. The lowest BCUT2D eigenvalue weighted by Gasteiger charge is -2.30. The Hall–Kier alpha value is -3.12. The molecule has 1 amide bonds. The Kier molecular flexibility index (Phi) is 6.61. The fraction of sp³-hybridized carbons (Fsp3) is 0.231. The SMILES string of the molecule is COC(=O)[C@@H]1CC[C@H](c2ccccc2Br)N1C(=O)c1ccc(-c2ccccc2)c(OC)c1. The van der Waals surface area contributed by atoms with Crippen LogP contribution in [-0.4, -0.2) is 37.0 Å². The average Bonchev–Trinajstić information content (AvgIpc) is 3.28. The van der Waals surface area contributed by atoms with Crippen molar-refractivity contribution in [3.63, 3.8) is 0 Å². The van der Waals surface area contributed by atoms with Crippen LogP contribution in [0.2, 0.25) is 0 Å². The molecule has 1 heterocycles. The maximum atomic E-state index is 13.7. The fourth-order valence-electron chi connectivity index (χ4n) is 4.34. The van der Waals surface area contributed by atoms with Crippen LogP contribution in [0, 0.1) is 0 Å². The molecule has 5 nitrogen and oxygen atoms in total. The molecule has 0 aromatic heterocycles. The summed E-state index contributed by atoms with van der Waals surface area (Å²) in [6.07, 6.45) is 1.22. The van der Waals surface area contributed by atoms with Gasteiger partial charge in [0, 0.05) is 15.6 Å². The number of ether oxygens (including phenoxy) is 2. The molecule has 1 aliphatic heterocycles. The van der Waals surface area contributed by atoms with Crippen molar-refractivity contribution in [2.45, 2.75) is 24.9 Å². The molecular formula is C26H24BrNO4. The van der Waals surface area contributed by atoms with E-state index in [1.165, 1.54) is 7.11 Å². The van der Waals surface area contributed by atoms with Gasteiger partial charge in [0.05, 0.1) is 20.3 Å². The van der Waals surface area contributed by atoms with Crippen LogP contribution in [0.3, 0.4) is 0 Å². The van der Waals surface area contributed by atoms with E-state index in [0.717, 1.165) is 21.2 Å². The minimum Gasteiger partial charge on any atom is -0.496 e. The quantitative estimate of drug-likeness (QED) is 0.431. The van der Waals surface area contributed by atoms with Crippen LogP contribution in [0.1, 0.15) is 34.8 Å². The van der Waals surface area contributed by atoms with Gasteiger partial charge in [-0.25, -0.2) is 4.79 Å². The smallest absolute Gasteiger partial charge is 0.328 e. The predicted molar refractivity (Wildman–Crippen MR) is 127 cm³/mol. The van der Waals surface area contributed by atoms with E-state index in [4.69, 9.17) is 9.47 Å². The number of benzene rings is 3. The number of hydrogen-bond acceptors (Lipinski definition) is 4. The minimum absolute atomic E-state index is 0.225. The number of esters is 1. The van der Waals surface area contributed by atoms with Gasteiger partial charge in [0.15, 0.2) is 0 Å². The highest BCUT2D eigenvalue weighted by atomic mass is 79.9. The van der Waals surface area contributed by atoms with E-state index in [1.54, 1.807) is 24.1 Å². The minimum atomic E-state index is -0.635. The lowest BCUT2D eigenvalue weighted by molar-refractivity contribution is -0.145. The Bertz CT molecular complexity index is 1130. The fourth-order valence-corrected chi connectivity index (χ4v) is 4.89. The second-order valence-electron chi connectivity index (χ2n) is 7.65. The van der Waals surface area contributed by atoms with Crippen molar-refractivity contribution in [1.29, 1.82) is 0 Å². The topological polar surface area (TPSA) is 55.8 Å². The first-order valence-electron chi connectivity index (χ1n) is 10.4. The Balaban J connectivity index is 1.74. The van der Waals surface area contributed by atoms with Gasteiger partial charge >= 0.3 is 5.97 Å². The lowest BCUT2D eigenvalue weighted by atomic mass is 10.0. The van der Waals surface area contributed by atoms with Gasteiger partial charge in [0.2, 0.25) is 0 Å². The monoisotopic (exact) mass is 493 g/mol. The summed E-state index contributed by atoms with van der Waals surface area (Å²) in [6, 6.07) is 22.2. The molecule has 6 heteroatoms. The molecule has 0 N–H and O–H groups in total. The summed E-state index contributed by atoms with van der Waals surface area (Å²) >= 11 is 3.60. The number of nitrogens with zero attached hydrogens (tertiary/aromatic N) is 1. The maximum absolute atomic E-state index is 13.7. The molecule has 3 aromatic rings. The second kappa shape index (κ2) is 9.57.